The highest BCUT2D eigenvalue weighted by atomic mass is 35.5. The number of carbonyl (C=O) groups is 1. The number of halogens is 1. The van der Waals surface area contributed by atoms with Crippen molar-refractivity contribution in [1.29, 1.82) is 0 Å². The van der Waals surface area contributed by atoms with E-state index in [4.69, 9.17) is 10.5 Å². The second-order valence-corrected chi connectivity index (χ2v) is 7.83. The summed E-state index contributed by atoms with van der Waals surface area (Å²) >= 11 is 0. The lowest BCUT2D eigenvalue weighted by molar-refractivity contribution is 0.0600. The van der Waals surface area contributed by atoms with Crippen LogP contribution in [0.1, 0.15) is 21.5 Å². The molecule has 2 N–H and O–H groups in total. The fourth-order valence-electron chi connectivity index (χ4n) is 2.68. The van der Waals surface area contributed by atoms with Crippen LogP contribution >= 0.6 is 12.4 Å². The number of nitrogens with two attached hydrogens (primary N) is 1. The molecule has 0 heterocycles. The summed E-state index contributed by atoms with van der Waals surface area (Å²) in [5.41, 5.74) is 7.57. The molecule has 0 amide bonds. The van der Waals surface area contributed by atoms with E-state index < -0.39 is 16.0 Å². The average Bonchev–Trinajstić information content (AvgIpc) is 2.65. The quantitative estimate of drug-likeness (QED) is 0.672. The molecule has 0 aliphatic rings. The van der Waals surface area contributed by atoms with Crippen LogP contribution in [0.2, 0.25) is 0 Å². The van der Waals surface area contributed by atoms with Crippen molar-refractivity contribution in [1.82, 2.24) is 4.31 Å². The number of hydrogen-bond acceptors (Lipinski definition) is 5. The highest BCUT2D eigenvalue weighted by molar-refractivity contribution is 7.89. The zero-order chi connectivity index (χ0) is 19.2. The van der Waals surface area contributed by atoms with Crippen LogP contribution in [0.5, 0.6) is 0 Å². The Morgan fingerprint density at radius 1 is 1.11 bits per heavy atom. The monoisotopic (exact) mass is 412 g/mol. The van der Waals surface area contributed by atoms with Crippen molar-refractivity contribution < 1.29 is 17.9 Å². The highest BCUT2D eigenvalue weighted by Gasteiger charge is 2.25. The Labute approximate surface area is 166 Å². The minimum atomic E-state index is -3.70. The molecule has 148 valence electrons. The molecule has 0 fully saturated rings. The molecule has 2 aromatic rings. The van der Waals surface area contributed by atoms with Gasteiger partial charge in [-0.2, -0.15) is 4.31 Å². The molecule has 0 bridgehead atoms. The van der Waals surface area contributed by atoms with Crippen LogP contribution in [-0.4, -0.2) is 45.4 Å². The third kappa shape index (κ3) is 5.77. The summed E-state index contributed by atoms with van der Waals surface area (Å²) in [6.07, 6.45) is 0.597. The van der Waals surface area contributed by atoms with E-state index in [1.807, 2.05) is 30.3 Å². The maximum absolute atomic E-state index is 13.0. The molecule has 27 heavy (non-hydrogen) atoms. The fourth-order valence-corrected chi connectivity index (χ4v) is 4.22. The Morgan fingerprint density at radius 3 is 2.33 bits per heavy atom. The minimum absolute atomic E-state index is 0. The van der Waals surface area contributed by atoms with E-state index >= 15 is 0 Å². The van der Waals surface area contributed by atoms with Gasteiger partial charge in [0.15, 0.2) is 0 Å². The van der Waals surface area contributed by atoms with Crippen molar-refractivity contribution in [3.8, 4) is 0 Å². The maximum atomic E-state index is 13.0. The number of carbonyl (C=O) groups excluding carboxylic acids is 1. The molecule has 0 unspecified atom stereocenters. The zero-order valence-corrected chi connectivity index (χ0v) is 17.1. The molecule has 0 radical (unpaired) electrons. The number of ether oxygens (including phenoxy) is 1. The van der Waals surface area contributed by atoms with E-state index in [2.05, 4.69) is 0 Å². The molecule has 6 nitrogen and oxygen atoms in total. The van der Waals surface area contributed by atoms with Gasteiger partial charge in [0.05, 0.1) is 17.6 Å². The van der Waals surface area contributed by atoms with E-state index in [9.17, 15) is 13.2 Å². The molecule has 2 rings (SSSR count). The van der Waals surface area contributed by atoms with Crippen molar-refractivity contribution in [3.63, 3.8) is 0 Å². The largest absolute Gasteiger partial charge is 0.465 e. The molecule has 0 aliphatic carbocycles. The topological polar surface area (TPSA) is 89.7 Å². The molecule has 0 atom stereocenters. The average molecular weight is 413 g/mol. The standard InChI is InChI=1S/C19H24N2O4S.ClH/c1-15-14-17(8-9-18(15)19(22)25-2)26(23,24)21(13-11-20)12-10-16-6-4-3-5-7-16;/h3-9,14H,10-13,20H2,1-2H3;1H. The lowest BCUT2D eigenvalue weighted by Gasteiger charge is -2.22. The van der Waals surface area contributed by atoms with Crippen LogP contribution in [0.4, 0.5) is 0 Å². The molecule has 0 aromatic heterocycles. The number of aryl methyl sites for hydroxylation is 1. The number of sulfonamides is 1. The first-order chi connectivity index (χ1) is 12.4. The van der Waals surface area contributed by atoms with Crippen LogP contribution in [0.15, 0.2) is 53.4 Å². The molecular formula is C19H25ClN2O4S. The van der Waals surface area contributed by atoms with Crippen molar-refractivity contribution in [3.05, 3.63) is 65.2 Å². The summed E-state index contributed by atoms with van der Waals surface area (Å²) in [5, 5.41) is 0. The summed E-state index contributed by atoms with van der Waals surface area (Å²) < 4.78 is 32.1. The van der Waals surface area contributed by atoms with Gasteiger partial charge >= 0.3 is 5.97 Å². The molecular weight excluding hydrogens is 388 g/mol. The normalized spacial score (nSPS) is 11.1. The van der Waals surface area contributed by atoms with Crippen molar-refractivity contribution in [2.24, 2.45) is 5.73 Å². The van der Waals surface area contributed by atoms with E-state index in [0.29, 0.717) is 24.1 Å². The predicted octanol–water partition coefficient (Wildman–Crippen LogP) is 2.40. The summed E-state index contributed by atoms with van der Waals surface area (Å²) in [4.78, 5) is 11.8. The molecule has 0 spiro atoms. The number of nitrogens with zero attached hydrogens (tertiary/aromatic N) is 1. The Balaban J connectivity index is 0.00000364. The van der Waals surface area contributed by atoms with Gasteiger partial charge in [0.1, 0.15) is 0 Å². The van der Waals surface area contributed by atoms with Gasteiger partial charge in [-0.15, -0.1) is 12.4 Å². The van der Waals surface area contributed by atoms with Gasteiger partial charge in [0.25, 0.3) is 0 Å². The number of benzene rings is 2. The van der Waals surface area contributed by atoms with Crippen LogP contribution in [-0.2, 0) is 21.2 Å². The first kappa shape index (κ1) is 23.1. The lowest BCUT2D eigenvalue weighted by Crippen LogP contribution is -2.37. The highest BCUT2D eigenvalue weighted by Crippen LogP contribution is 2.20. The van der Waals surface area contributed by atoms with Crippen LogP contribution in [0.25, 0.3) is 0 Å². The lowest BCUT2D eigenvalue weighted by atomic mass is 10.1. The van der Waals surface area contributed by atoms with Gasteiger partial charge in [-0.25, -0.2) is 13.2 Å². The molecule has 0 aliphatic heterocycles. The van der Waals surface area contributed by atoms with E-state index in [1.165, 1.54) is 29.6 Å². The summed E-state index contributed by atoms with van der Waals surface area (Å²) in [6, 6.07) is 14.1. The van der Waals surface area contributed by atoms with E-state index in [0.717, 1.165) is 5.56 Å². The van der Waals surface area contributed by atoms with Crippen LogP contribution in [0.3, 0.4) is 0 Å². The smallest absolute Gasteiger partial charge is 0.338 e. The van der Waals surface area contributed by atoms with Crippen molar-refractivity contribution in [2.75, 3.05) is 26.7 Å². The Kier molecular flexibility index (Phi) is 8.92. The van der Waals surface area contributed by atoms with Gasteiger partial charge in [0.2, 0.25) is 10.0 Å². The Bertz CT molecular complexity index is 857. The SMILES string of the molecule is COC(=O)c1ccc(S(=O)(=O)N(CCN)CCc2ccccc2)cc1C.Cl. The van der Waals surface area contributed by atoms with Crippen molar-refractivity contribution >= 4 is 28.4 Å². The summed E-state index contributed by atoms with van der Waals surface area (Å²) in [5.74, 6) is -0.491. The number of rotatable bonds is 8. The van der Waals surface area contributed by atoms with Gasteiger partial charge in [0, 0.05) is 19.6 Å². The third-order valence-electron chi connectivity index (χ3n) is 4.11. The summed E-state index contributed by atoms with van der Waals surface area (Å²) in [7, 11) is -2.41. The third-order valence-corrected chi connectivity index (χ3v) is 6.01. The second-order valence-electron chi connectivity index (χ2n) is 5.90. The summed E-state index contributed by atoms with van der Waals surface area (Å²) in [6.45, 7) is 2.48. The van der Waals surface area contributed by atoms with Gasteiger partial charge in [-0.3, -0.25) is 0 Å². The van der Waals surface area contributed by atoms with Gasteiger partial charge in [-0.1, -0.05) is 30.3 Å². The zero-order valence-electron chi connectivity index (χ0n) is 15.4. The molecule has 8 heteroatoms. The van der Waals surface area contributed by atoms with E-state index in [-0.39, 0.29) is 30.4 Å². The molecule has 0 saturated heterocycles. The minimum Gasteiger partial charge on any atom is -0.465 e. The number of hydrogen-bond donors (Lipinski definition) is 1. The second kappa shape index (κ2) is 10.4. The Hall–Kier alpha value is -1.93. The first-order valence-electron chi connectivity index (χ1n) is 8.33. The maximum Gasteiger partial charge on any atom is 0.338 e. The van der Waals surface area contributed by atoms with Crippen molar-refractivity contribution in [2.45, 2.75) is 18.2 Å². The Morgan fingerprint density at radius 2 is 1.78 bits per heavy atom. The van der Waals surface area contributed by atoms with Gasteiger partial charge < -0.3 is 10.5 Å². The number of esters is 1. The van der Waals surface area contributed by atoms with E-state index in [1.54, 1.807) is 6.92 Å². The van der Waals surface area contributed by atoms with Gasteiger partial charge in [-0.05, 0) is 42.7 Å². The van der Waals surface area contributed by atoms with Crippen LogP contribution in [0, 0.1) is 6.92 Å². The number of methoxy groups -OCH3 is 1. The van der Waals surface area contributed by atoms with Crippen LogP contribution < -0.4 is 5.73 Å². The molecule has 2 aromatic carbocycles. The first-order valence-corrected chi connectivity index (χ1v) is 9.77. The predicted molar refractivity (Wildman–Crippen MR) is 108 cm³/mol. The molecule has 0 saturated carbocycles. The fraction of sp³-hybridized carbons (Fsp3) is 0.316.